The maximum Gasteiger partial charge on any atom is 0.147 e. The molecule has 1 aromatic rings. The van der Waals surface area contributed by atoms with Crippen molar-refractivity contribution in [2.24, 2.45) is 0 Å². The molecule has 0 spiro atoms. The fraction of sp³-hybridized carbons (Fsp3) is 0.538. The van der Waals surface area contributed by atoms with Gasteiger partial charge in [-0.2, -0.15) is 0 Å². The maximum atomic E-state index is 5.81. The summed E-state index contributed by atoms with van der Waals surface area (Å²) in [6, 6.07) is 3.93. The minimum absolute atomic E-state index is 0.172. The Morgan fingerprint density at radius 1 is 1.22 bits per heavy atom. The van der Waals surface area contributed by atoms with E-state index < -0.39 is 0 Å². The Kier molecular flexibility index (Phi) is 6.45. The maximum absolute atomic E-state index is 5.81. The van der Waals surface area contributed by atoms with E-state index in [9.17, 15) is 0 Å². The van der Waals surface area contributed by atoms with E-state index >= 15 is 0 Å². The zero-order valence-corrected chi connectivity index (χ0v) is 14.7. The standard InChI is InChI=1S/C13H17Br2ClO2/c1-13(2,17-3)4-5-18-12-10(14)6-9(8-16)7-11(12)15/h6-7H,4-5,8H2,1-3H3. The Morgan fingerprint density at radius 3 is 2.22 bits per heavy atom. The van der Waals surface area contributed by atoms with Crippen molar-refractivity contribution < 1.29 is 9.47 Å². The zero-order valence-electron chi connectivity index (χ0n) is 10.7. The summed E-state index contributed by atoms with van der Waals surface area (Å²) in [4.78, 5) is 0. The highest BCUT2D eigenvalue weighted by atomic mass is 79.9. The Balaban J connectivity index is 2.68. The molecule has 0 radical (unpaired) electrons. The molecule has 1 aromatic carbocycles. The van der Waals surface area contributed by atoms with E-state index in [-0.39, 0.29) is 5.60 Å². The van der Waals surface area contributed by atoms with E-state index in [1.165, 1.54) is 0 Å². The molecule has 0 aliphatic rings. The van der Waals surface area contributed by atoms with Crippen LogP contribution >= 0.6 is 43.5 Å². The van der Waals surface area contributed by atoms with Gasteiger partial charge in [0.25, 0.3) is 0 Å². The SMILES string of the molecule is COC(C)(C)CCOc1c(Br)cc(CCl)cc1Br. The van der Waals surface area contributed by atoms with E-state index in [0.717, 1.165) is 26.7 Å². The highest BCUT2D eigenvalue weighted by Crippen LogP contribution is 2.35. The summed E-state index contributed by atoms with van der Waals surface area (Å²) >= 11 is 12.8. The number of ether oxygens (including phenoxy) is 2. The third-order valence-electron chi connectivity index (χ3n) is 2.72. The Bertz CT molecular complexity index is 385. The molecular formula is C13H17Br2ClO2. The first-order chi connectivity index (χ1) is 8.39. The van der Waals surface area contributed by atoms with Gasteiger partial charge in [-0.3, -0.25) is 0 Å². The van der Waals surface area contributed by atoms with Crippen molar-refractivity contribution in [3.63, 3.8) is 0 Å². The summed E-state index contributed by atoms with van der Waals surface area (Å²) in [5.74, 6) is 1.28. The molecule has 0 atom stereocenters. The second kappa shape index (κ2) is 7.13. The van der Waals surface area contributed by atoms with Crippen LogP contribution in [0.2, 0.25) is 0 Å². The first kappa shape index (κ1) is 16.3. The number of alkyl halides is 1. The fourth-order valence-corrected chi connectivity index (χ4v) is 2.99. The van der Waals surface area contributed by atoms with Crippen LogP contribution in [0.5, 0.6) is 5.75 Å². The minimum Gasteiger partial charge on any atom is -0.491 e. The molecule has 1 rings (SSSR count). The Labute approximate surface area is 130 Å². The van der Waals surface area contributed by atoms with Gasteiger partial charge >= 0.3 is 0 Å². The molecule has 2 nitrogen and oxygen atoms in total. The number of halogens is 3. The number of hydrogen-bond acceptors (Lipinski definition) is 2. The fourth-order valence-electron chi connectivity index (χ4n) is 1.33. The third-order valence-corrected chi connectivity index (χ3v) is 4.20. The smallest absolute Gasteiger partial charge is 0.147 e. The lowest BCUT2D eigenvalue weighted by atomic mass is 10.1. The summed E-state index contributed by atoms with van der Waals surface area (Å²) in [5, 5.41) is 0. The van der Waals surface area contributed by atoms with Crippen molar-refractivity contribution in [3.05, 3.63) is 26.6 Å². The second-order valence-electron chi connectivity index (χ2n) is 4.58. The average molecular weight is 401 g/mol. The van der Waals surface area contributed by atoms with Gasteiger partial charge in [0.15, 0.2) is 0 Å². The predicted molar refractivity (Wildman–Crippen MR) is 82.6 cm³/mol. The molecule has 0 saturated carbocycles. The summed E-state index contributed by atoms with van der Waals surface area (Å²) in [6.45, 7) is 4.67. The molecule has 0 unspecified atom stereocenters. The van der Waals surface area contributed by atoms with Gasteiger partial charge in [-0.05, 0) is 63.4 Å². The molecule has 0 saturated heterocycles. The van der Waals surface area contributed by atoms with E-state index in [1.807, 2.05) is 26.0 Å². The normalized spacial score (nSPS) is 11.7. The molecule has 0 aromatic heterocycles. The molecule has 0 N–H and O–H groups in total. The molecule has 0 aliphatic heterocycles. The number of hydrogen-bond donors (Lipinski definition) is 0. The highest BCUT2D eigenvalue weighted by Gasteiger charge is 2.17. The average Bonchev–Trinajstić information content (AvgIpc) is 2.32. The van der Waals surface area contributed by atoms with Crippen LogP contribution in [0.3, 0.4) is 0 Å². The van der Waals surface area contributed by atoms with Gasteiger partial charge in [-0.25, -0.2) is 0 Å². The summed E-state index contributed by atoms with van der Waals surface area (Å²) < 4.78 is 13.0. The first-order valence-electron chi connectivity index (χ1n) is 5.61. The Morgan fingerprint density at radius 2 is 1.78 bits per heavy atom. The van der Waals surface area contributed by atoms with E-state index in [1.54, 1.807) is 7.11 Å². The van der Waals surface area contributed by atoms with E-state index in [0.29, 0.717) is 12.5 Å². The number of rotatable bonds is 6. The monoisotopic (exact) mass is 398 g/mol. The molecule has 0 aliphatic carbocycles. The Hall–Kier alpha value is 0.230. The van der Waals surface area contributed by atoms with Crippen molar-refractivity contribution in [2.45, 2.75) is 31.7 Å². The summed E-state index contributed by atoms with van der Waals surface area (Å²) in [6.07, 6.45) is 0.819. The molecule has 0 amide bonds. The molecule has 0 bridgehead atoms. The summed E-state index contributed by atoms with van der Waals surface area (Å²) in [5.41, 5.74) is 0.870. The van der Waals surface area contributed by atoms with Gasteiger partial charge in [0, 0.05) is 19.4 Å². The largest absolute Gasteiger partial charge is 0.491 e. The third kappa shape index (κ3) is 4.72. The van der Waals surface area contributed by atoms with Crippen LogP contribution in [0.4, 0.5) is 0 Å². The van der Waals surface area contributed by atoms with Crippen LogP contribution < -0.4 is 4.74 Å². The quantitative estimate of drug-likeness (QED) is 0.615. The zero-order chi connectivity index (χ0) is 13.8. The van der Waals surface area contributed by atoms with Crippen LogP contribution in [0.1, 0.15) is 25.8 Å². The molecule has 102 valence electrons. The topological polar surface area (TPSA) is 18.5 Å². The van der Waals surface area contributed by atoms with Crippen molar-refractivity contribution in [3.8, 4) is 5.75 Å². The van der Waals surface area contributed by atoms with Crippen molar-refractivity contribution in [1.82, 2.24) is 0 Å². The lowest BCUT2D eigenvalue weighted by molar-refractivity contribution is 0.00533. The number of methoxy groups -OCH3 is 1. The van der Waals surface area contributed by atoms with Crippen LogP contribution in [-0.2, 0) is 10.6 Å². The predicted octanol–water partition coefficient (Wildman–Crippen LogP) is 5.14. The first-order valence-corrected chi connectivity index (χ1v) is 7.73. The van der Waals surface area contributed by atoms with Gasteiger partial charge in [-0.15, -0.1) is 11.6 Å². The van der Waals surface area contributed by atoms with Crippen molar-refractivity contribution in [1.29, 1.82) is 0 Å². The van der Waals surface area contributed by atoms with Crippen LogP contribution in [0.15, 0.2) is 21.1 Å². The van der Waals surface area contributed by atoms with Gasteiger partial charge in [0.2, 0.25) is 0 Å². The minimum atomic E-state index is -0.172. The van der Waals surface area contributed by atoms with Gasteiger partial charge in [-0.1, -0.05) is 0 Å². The van der Waals surface area contributed by atoms with Crippen LogP contribution in [0, 0.1) is 0 Å². The molecule has 0 heterocycles. The van der Waals surface area contributed by atoms with Crippen molar-refractivity contribution >= 4 is 43.5 Å². The second-order valence-corrected chi connectivity index (χ2v) is 6.56. The van der Waals surface area contributed by atoms with Gasteiger partial charge < -0.3 is 9.47 Å². The lowest BCUT2D eigenvalue weighted by Crippen LogP contribution is -2.25. The lowest BCUT2D eigenvalue weighted by Gasteiger charge is -2.23. The highest BCUT2D eigenvalue weighted by molar-refractivity contribution is 9.11. The van der Waals surface area contributed by atoms with Gasteiger partial charge in [0.1, 0.15) is 5.75 Å². The van der Waals surface area contributed by atoms with Crippen molar-refractivity contribution in [2.75, 3.05) is 13.7 Å². The molecule has 18 heavy (non-hydrogen) atoms. The molecule has 0 fully saturated rings. The van der Waals surface area contributed by atoms with E-state index in [2.05, 4.69) is 31.9 Å². The van der Waals surface area contributed by atoms with Crippen LogP contribution in [-0.4, -0.2) is 19.3 Å². The van der Waals surface area contributed by atoms with Crippen LogP contribution in [0.25, 0.3) is 0 Å². The number of benzene rings is 1. The van der Waals surface area contributed by atoms with Gasteiger partial charge in [0.05, 0.1) is 21.2 Å². The molecular weight excluding hydrogens is 383 g/mol. The molecule has 5 heteroatoms. The van der Waals surface area contributed by atoms with E-state index in [4.69, 9.17) is 21.1 Å². The summed E-state index contributed by atoms with van der Waals surface area (Å²) in [7, 11) is 1.71.